The largest absolute Gasteiger partial charge is 0.536 e. The van der Waals surface area contributed by atoms with Crippen molar-refractivity contribution in [3.05, 3.63) is 117 Å². The van der Waals surface area contributed by atoms with Crippen molar-refractivity contribution < 1.29 is 37.8 Å². The minimum atomic E-state index is -5.50. The topological polar surface area (TPSA) is 134 Å². The first kappa shape index (κ1) is 35.3. The molecule has 48 heavy (non-hydrogen) atoms. The van der Waals surface area contributed by atoms with Gasteiger partial charge in [-0.15, -0.1) is 0 Å². The van der Waals surface area contributed by atoms with Crippen molar-refractivity contribution >= 4 is 15.6 Å². The van der Waals surface area contributed by atoms with Gasteiger partial charge in [-0.2, -0.15) is 4.31 Å². The van der Waals surface area contributed by atoms with Gasteiger partial charge >= 0.3 is 15.6 Å². The second-order valence-electron chi connectivity index (χ2n) is 12.6. The maximum Gasteiger partial charge on any atom is 0.536 e. The molecule has 0 bridgehead atoms. The van der Waals surface area contributed by atoms with E-state index >= 15 is 0 Å². The molecule has 0 aliphatic carbocycles. The Morgan fingerprint density at radius 1 is 0.479 bits per heavy atom. The number of phenolic OH excluding ortho intramolecular Hbond substituents is 1. The zero-order valence-corrected chi connectivity index (χ0v) is 30.0. The molecule has 0 aliphatic heterocycles. The van der Waals surface area contributed by atoms with Crippen molar-refractivity contribution in [3.8, 4) is 56.0 Å². The molecule has 0 amide bonds. The summed E-state index contributed by atoms with van der Waals surface area (Å²) in [7, 11) is -11.0. The number of phenols is 1. The Bertz CT molecular complexity index is 2050. The maximum absolute atomic E-state index is 13.6. The van der Waals surface area contributed by atoms with Crippen molar-refractivity contribution in [1.29, 1.82) is 0 Å². The van der Waals surface area contributed by atoms with Gasteiger partial charge in [0.1, 0.15) is 11.5 Å². The summed E-state index contributed by atoms with van der Waals surface area (Å²) in [4.78, 5) is 30.3. The van der Waals surface area contributed by atoms with Crippen molar-refractivity contribution in [2.75, 3.05) is 0 Å². The molecule has 0 aliphatic rings. The minimum Gasteiger partial charge on any atom is -0.507 e. The molecule has 0 saturated carbocycles. The van der Waals surface area contributed by atoms with Crippen LogP contribution in [0.5, 0.6) is 11.5 Å². The van der Waals surface area contributed by atoms with Crippen LogP contribution < -0.4 is 4.52 Å². The van der Waals surface area contributed by atoms with Gasteiger partial charge in [-0.25, -0.2) is 9.13 Å². The normalized spacial score (nSPS) is 13.0. The van der Waals surface area contributed by atoms with Crippen LogP contribution in [0.25, 0.3) is 44.5 Å². The predicted octanol–water partition coefficient (Wildman–Crippen LogP) is 10.1. The second-order valence-corrected chi connectivity index (χ2v) is 15.3. The lowest BCUT2D eigenvalue weighted by molar-refractivity contribution is 0.230. The highest BCUT2D eigenvalue weighted by Crippen LogP contribution is 2.63. The van der Waals surface area contributed by atoms with Crippen LogP contribution in [0, 0.1) is 55.4 Å². The van der Waals surface area contributed by atoms with E-state index in [1.165, 1.54) is 0 Å². The first-order valence-electron chi connectivity index (χ1n) is 15.4. The Morgan fingerprint density at radius 2 is 0.771 bits per heavy atom. The van der Waals surface area contributed by atoms with Crippen LogP contribution in [0.1, 0.15) is 44.5 Å². The lowest BCUT2D eigenvalue weighted by Gasteiger charge is -2.28. The lowest BCUT2D eigenvalue weighted by atomic mass is 9.80. The third-order valence-corrected chi connectivity index (χ3v) is 10.5. The standard InChI is InChI=1S/C38H40O8P2/c1-21-9-13-29(25(5)17-21)33-35(31-15-11-23(3)19-27(31)7)38(45-48(43,44)46-47(40,41)42)36(32-16-12-24(4)20-28(32)8)34(37(33)39)30-14-10-22(2)18-26(30)6/h9-20,39H,1-8H3,(H,43,44)(H2,40,41,42). The predicted molar refractivity (Wildman–Crippen MR) is 191 cm³/mol. The van der Waals surface area contributed by atoms with Crippen molar-refractivity contribution in [2.45, 2.75) is 55.4 Å². The number of aryl methyl sites for hydroxylation is 8. The minimum absolute atomic E-state index is 0.0881. The third kappa shape index (κ3) is 7.20. The highest BCUT2D eigenvalue weighted by Gasteiger charge is 2.39. The number of aromatic hydroxyl groups is 1. The van der Waals surface area contributed by atoms with Gasteiger partial charge < -0.3 is 19.4 Å². The van der Waals surface area contributed by atoms with E-state index in [1.54, 1.807) is 0 Å². The first-order valence-corrected chi connectivity index (χ1v) is 18.4. The number of hydrogen-bond donors (Lipinski definition) is 4. The van der Waals surface area contributed by atoms with Gasteiger partial charge in [0, 0.05) is 22.3 Å². The molecule has 0 radical (unpaired) electrons. The fourth-order valence-corrected chi connectivity index (χ4v) is 8.11. The van der Waals surface area contributed by atoms with E-state index in [2.05, 4.69) is 4.31 Å². The van der Waals surface area contributed by atoms with E-state index in [1.807, 2.05) is 128 Å². The molecular formula is C38H40O8P2. The van der Waals surface area contributed by atoms with Crippen molar-refractivity contribution in [3.63, 3.8) is 0 Å². The Hall–Kier alpha value is -4.00. The number of rotatable bonds is 8. The van der Waals surface area contributed by atoms with Crippen LogP contribution in [0.3, 0.4) is 0 Å². The lowest BCUT2D eigenvalue weighted by Crippen LogP contribution is -2.05. The number of phosphoric acid groups is 2. The molecule has 0 fully saturated rings. The molecule has 0 aromatic heterocycles. The van der Waals surface area contributed by atoms with Crippen LogP contribution >= 0.6 is 15.6 Å². The maximum atomic E-state index is 13.6. The van der Waals surface area contributed by atoms with E-state index in [4.69, 9.17) is 4.52 Å². The summed E-state index contributed by atoms with van der Waals surface area (Å²) in [5.41, 5.74) is 10.8. The van der Waals surface area contributed by atoms with E-state index in [9.17, 15) is 28.9 Å². The van der Waals surface area contributed by atoms with Gasteiger partial charge in [0.2, 0.25) is 0 Å². The summed E-state index contributed by atoms with van der Waals surface area (Å²) in [5, 5.41) is 12.7. The highest BCUT2D eigenvalue weighted by molar-refractivity contribution is 7.60. The molecule has 1 unspecified atom stereocenters. The monoisotopic (exact) mass is 686 g/mol. The summed E-state index contributed by atoms with van der Waals surface area (Å²) < 4.78 is 35.9. The Kier molecular flexibility index (Phi) is 9.66. The van der Waals surface area contributed by atoms with E-state index < -0.39 is 15.6 Å². The fraction of sp³-hybridized carbons (Fsp3) is 0.211. The summed E-state index contributed by atoms with van der Waals surface area (Å²) in [5.74, 6) is -0.258. The molecule has 1 atom stereocenters. The SMILES string of the molecule is Cc1ccc(-c2c(O)c(-c3ccc(C)cc3C)c(-c3ccc(C)cc3C)c(OP(=O)(O)OP(=O)(O)O)c2-c2ccc(C)cc2C)c(C)c1. The zero-order chi connectivity index (χ0) is 35.3. The van der Waals surface area contributed by atoms with Crippen LogP contribution in [0.2, 0.25) is 0 Å². The van der Waals surface area contributed by atoms with Gasteiger partial charge in [-0.05, 0) is 99.9 Å². The average molecular weight is 687 g/mol. The smallest absolute Gasteiger partial charge is 0.507 e. The Morgan fingerprint density at radius 3 is 1.04 bits per heavy atom. The second kappa shape index (κ2) is 13.1. The Labute approximate surface area is 281 Å². The molecule has 5 aromatic rings. The summed E-state index contributed by atoms with van der Waals surface area (Å²) in [6, 6.07) is 22.9. The van der Waals surface area contributed by atoms with E-state index in [0.717, 1.165) is 44.5 Å². The molecule has 0 spiro atoms. The van der Waals surface area contributed by atoms with Gasteiger partial charge in [-0.1, -0.05) is 95.1 Å². The highest BCUT2D eigenvalue weighted by atomic mass is 31.3. The summed E-state index contributed by atoms with van der Waals surface area (Å²) in [6.45, 7) is 15.4. The molecule has 10 heteroatoms. The molecule has 8 nitrogen and oxygen atoms in total. The van der Waals surface area contributed by atoms with E-state index in [-0.39, 0.29) is 22.6 Å². The summed E-state index contributed by atoms with van der Waals surface area (Å²) >= 11 is 0. The van der Waals surface area contributed by atoms with Crippen LogP contribution in [0.4, 0.5) is 0 Å². The van der Waals surface area contributed by atoms with Gasteiger partial charge in [-0.3, -0.25) is 4.89 Å². The average Bonchev–Trinajstić information content (AvgIpc) is 2.94. The van der Waals surface area contributed by atoms with Crippen molar-refractivity contribution in [1.82, 2.24) is 0 Å². The van der Waals surface area contributed by atoms with Gasteiger partial charge in [0.05, 0.1) is 0 Å². The van der Waals surface area contributed by atoms with Gasteiger partial charge in [0.15, 0.2) is 0 Å². The number of phosphoric ester groups is 1. The molecule has 5 aromatic carbocycles. The molecule has 4 N–H and O–H groups in total. The van der Waals surface area contributed by atoms with Crippen molar-refractivity contribution in [2.24, 2.45) is 0 Å². The van der Waals surface area contributed by atoms with Gasteiger partial charge in [0.25, 0.3) is 0 Å². The first-order chi connectivity index (χ1) is 22.4. The van der Waals surface area contributed by atoms with Crippen LogP contribution in [0.15, 0.2) is 72.8 Å². The molecule has 250 valence electrons. The van der Waals surface area contributed by atoms with Crippen LogP contribution in [-0.2, 0) is 13.4 Å². The van der Waals surface area contributed by atoms with E-state index in [0.29, 0.717) is 33.4 Å². The molecular weight excluding hydrogens is 646 g/mol. The zero-order valence-electron chi connectivity index (χ0n) is 28.2. The molecule has 0 saturated heterocycles. The Balaban J connectivity index is 2.13. The summed E-state index contributed by atoms with van der Waals surface area (Å²) in [6.07, 6.45) is 0. The van der Waals surface area contributed by atoms with Crippen LogP contribution in [-0.4, -0.2) is 19.8 Å². The third-order valence-electron chi connectivity index (χ3n) is 8.45. The number of benzene rings is 5. The quantitative estimate of drug-likeness (QED) is 0.119. The fourth-order valence-electron chi connectivity index (χ4n) is 6.49. The molecule has 5 rings (SSSR count). The molecule has 0 heterocycles. The number of hydrogen-bond acceptors (Lipinski definition) is 5.